The summed E-state index contributed by atoms with van der Waals surface area (Å²) in [6.45, 7) is 0.468. The Balaban J connectivity index is 1.69. The van der Waals surface area contributed by atoms with Crippen molar-refractivity contribution in [3.05, 3.63) is 93.9 Å². The highest BCUT2D eigenvalue weighted by molar-refractivity contribution is 7.10. The first-order valence-corrected chi connectivity index (χ1v) is 11.4. The van der Waals surface area contributed by atoms with E-state index in [1.807, 2.05) is 34.5 Å². The first-order valence-electron chi connectivity index (χ1n) is 10.6. The summed E-state index contributed by atoms with van der Waals surface area (Å²) in [5.41, 5.74) is 3.68. The number of hydrogen-bond acceptors (Lipinski definition) is 5. The van der Waals surface area contributed by atoms with Crippen LogP contribution >= 0.6 is 11.3 Å². The van der Waals surface area contributed by atoms with Crippen molar-refractivity contribution in [2.75, 3.05) is 21.3 Å². The molecule has 2 aromatic heterocycles. The summed E-state index contributed by atoms with van der Waals surface area (Å²) < 4.78 is 18.6. The van der Waals surface area contributed by atoms with E-state index in [1.165, 1.54) is 0 Å². The lowest BCUT2D eigenvalue weighted by atomic mass is 10.1. The van der Waals surface area contributed by atoms with E-state index in [-0.39, 0.29) is 11.9 Å². The summed E-state index contributed by atoms with van der Waals surface area (Å²) in [5.74, 6) is 1.25. The standard InChI is InChI=1S/C26H24N2O4S/c1-30-21-14-18(15-22(31-2)25(21)32-3)26(29)28-16-17-8-4-5-9-19(17)27-12-6-10-20(27)24(28)23-11-7-13-33-23/h4-15,24H,16H2,1-3H3. The molecular formula is C26H24N2O4S. The van der Waals surface area contributed by atoms with E-state index in [1.54, 1.807) is 44.8 Å². The Morgan fingerprint density at radius 3 is 2.36 bits per heavy atom. The van der Waals surface area contributed by atoms with Crippen LogP contribution in [-0.2, 0) is 6.54 Å². The van der Waals surface area contributed by atoms with Crippen LogP contribution in [0.25, 0.3) is 5.69 Å². The Hall–Kier alpha value is -3.71. The van der Waals surface area contributed by atoms with Crippen LogP contribution in [0.1, 0.15) is 32.5 Å². The van der Waals surface area contributed by atoms with E-state index in [9.17, 15) is 4.79 Å². The smallest absolute Gasteiger partial charge is 0.255 e. The molecule has 0 radical (unpaired) electrons. The van der Waals surface area contributed by atoms with Crippen LogP contribution in [0.15, 0.2) is 72.2 Å². The average Bonchev–Trinajstić information content (AvgIpc) is 3.53. The lowest BCUT2D eigenvalue weighted by Crippen LogP contribution is -2.34. The van der Waals surface area contributed by atoms with Crippen molar-refractivity contribution < 1.29 is 19.0 Å². The molecule has 1 aliphatic heterocycles. The van der Waals surface area contributed by atoms with Crippen LogP contribution in [0.2, 0.25) is 0 Å². The summed E-state index contributed by atoms with van der Waals surface area (Å²) in [7, 11) is 4.65. The SMILES string of the molecule is COc1cc(C(=O)N2Cc3ccccc3-n3cccc3C2c2cccs2)cc(OC)c1OC. The molecule has 0 saturated heterocycles. The fraction of sp³-hybridized carbons (Fsp3) is 0.192. The molecule has 3 heterocycles. The molecule has 0 fully saturated rings. The molecule has 5 rings (SSSR count). The molecule has 1 aliphatic rings. The number of benzene rings is 2. The van der Waals surface area contributed by atoms with Gasteiger partial charge in [0.05, 0.1) is 32.7 Å². The minimum absolute atomic E-state index is 0.114. The number of aromatic nitrogens is 1. The number of hydrogen-bond donors (Lipinski definition) is 0. The molecule has 1 unspecified atom stereocenters. The van der Waals surface area contributed by atoms with Gasteiger partial charge in [0, 0.05) is 23.2 Å². The minimum Gasteiger partial charge on any atom is -0.493 e. The predicted octanol–water partition coefficient (Wildman–Crippen LogP) is 5.31. The van der Waals surface area contributed by atoms with Crippen molar-refractivity contribution in [3.63, 3.8) is 0 Å². The van der Waals surface area contributed by atoms with E-state index < -0.39 is 0 Å². The molecular weight excluding hydrogens is 436 g/mol. The summed E-state index contributed by atoms with van der Waals surface area (Å²) in [4.78, 5) is 17.1. The molecule has 0 aliphatic carbocycles. The number of fused-ring (bicyclic) bond motifs is 3. The molecule has 4 aromatic rings. The Labute approximate surface area is 196 Å². The molecule has 2 aromatic carbocycles. The monoisotopic (exact) mass is 460 g/mol. The fourth-order valence-corrected chi connectivity index (χ4v) is 5.30. The third kappa shape index (κ3) is 3.54. The van der Waals surface area contributed by atoms with E-state index in [0.717, 1.165) is 21.8 Å². The maximum Gasteiger partial charge on any atom is 0.255 e. The highest BCUT2D eigenvalue weighted by Gasteiger charge is 2.34. The van der Waals surface area contributed by atoms with Crippen molar-refractivity contribution in [1.29, 1.82) is 0 Å². The Morgan fingerprint density at radius 2 is 1.70 bits per heavy atom. The number of amides is 1. The molecule has 1 atom stereocenters. The first kappa shape index (κ1) is 21.2. The largest absolute Gasteiger partial charge is 0.493 e. The van der Waals surface area contributed by atoms with Gasteiger partial charge in [0.25, 0.3) is 5.91 Å². The van der Waals surface area contributed by atoms with Crippen LogP contribution in [0, 0.1) is 0 Å². The van der Waals surface area contributed by atoms with Crippen LogP contribution in [0.4, 0.5) is 0 Å². The highest BCUT2D eigenvalue weighted by Crippen LogP contribution is 2.42. The molecule has 0 bridgehead atoms. The number of carbonyl (C=O) groups excluding carboxylic acids is 1. The zero-order chi connectivity index (χ0) is 22.9. The molecule has 0 N–H and O–H groups in total. The van der Waals surface area contributed by atoms with Crippen molar-refractivity contribution in [3.8, 4) is 22.9 Å². The molecule has 6 nitrogen and oxygen atoms in total. The maximum atomic E-state index is 14.1. The Morgan fingerprint density at radius 1 is 0.939 bits per heavy atom. The number of nitrogens with zero attached hydrogens (tertiary/aromatic N) is 2. The lowest BCUT2D eigenvalue weighted by Gasteiger charge is -2.30. The van der Waals surface area contributed by atoms with Gasteiger partial charge < -0.3 is 23.7 Å². The van der Waals surface area contributed by atoms with E-state index in [0.29, 0.717) is 29.4 Å². The topological polar surface area (TPSA) is 52.9 Å². The zero-order valence-electron chi connectivity index (χ0n) is 18.6. The van der Waals surface area contributed by atoms with Crippen molar-refractivity contribution in [2.24, 2.45) is 0 Å². The average molecular weight is 461 g/mol. The highest BCUT2D eigenvalue weighted by atomic mass is 32.1. The van der Waals surface area contributed by atoms with Gasteiger partial charge in [-0.15, -0.1) is 11.3 Å². The molecule has 0 spiro atoms. The van der Waals surface area contributed by atoms with Gasteiger partial charge in [-0.3, -0.25) is 4.79 Å². The normalized spacial score (nSPS) is 14.8. The van der Waals surface area contributed by atoms with Gasteiger partial charge in [-0.25, -0.2) is 0 Å². The van der Waals surface area contributed by atoms with Gasteiger partial charge in [0.2, 0.25) is 5.75 Å². The number of thiophene rings is 1. The molecule has 168 valence electrons. The molecule has 33 heavy (non-hydrogen) atoms. The Kier molecular flexibility index (Phi) is 5.56. The number of methoxy groups -OCH3 is 3. The quantitative estimate of drug-likeness (QED) is 0.405. The second kappa shape index (κ2) is 8.67. The molecule has 0 saturated carbocycles. The van der Waals surface area contributed by atoms with Gasteiger partial charge >= 0.3 is 0 Å². The third-order valence-electron chi connectivity index (χ3n) is 5.95. The number of carbonyl (C=O) groups is 1. The first-order chi connectivity index (χ1) is 16.2. The van der Waals surface area contributed by atoms with E-state index >= 15 is 0 Å². The minimum atomic E-state index is -0.237. The van der Waals surface area contributed by atoms with Crippen molar-refractivity contribution >= 4 is 17.2 Å². The van der Waals surface area contributed by atoms with E-state index in [2.05, 4.69) is 35.0 Å². The second-order valence-electron chi connectivity index (χ2n) is 7.70. The number of ether oxygens (including phenoxy) is 3. The summed E-state index contributed by atoms with van der Waals surface area (Å²) in [6.07, 6.45) is 2.06. The summed E-state index contributed by atoms with van der Waals surface area (Å²) in [6, 6.07) is 19.6. The number of para-hydroxylation sites is 1. The fourth-order valence-electron chi connectivity index (χ4n) is 4.46. The van der Waals surface area contributed by atoms with Gasteiger partial charge in [0.15, 0.2) is 11.5 Å². The molecule has 7 heteroatoms. The van der Waals surface area contributed by atoms with Crippen LogP contribution in [-0.4, -0.2) is 36.7 Å². The van der Waals surface area contributed by atoms with Gasteiger partial charge in [-0.1, -0.05) is 24.3 Å². The van der Waals surface area contributed by atoms with Gasteiger partial charge in [-0.05, 0) is 47.3 Å². The van der Waals surface area contributed by atoms with Crippen LogP contribution in [0.5, 0.6) is 17.2 Å². The summed E-state index contributed by atoms with van der Waals surface area (Å²) >= 11 is 1.65. The Bertz CT molecular complexity index is 1270. The predicted molar refractivity (Wildman–Crippen MR) is 128 cm³/mol. The van der Waals surface area contributed by atoms with Crippen LogP contribution < -0.4 is 14.2 Å². The maximum absolute atomic E-state index is 14.1. The third-order valence-corrected chi connectivity index (χ3v) is 6.87. The second-order valence-corrected chi connectivity index (χ2v) is 8.68. The lowest BCUT2D eigenvalue weighted by molar-refractivity contribution is 0.0693. The van der Waals surface area contributed by atoms with Gasteiger partial charge in [-0.2, -0.15) is 0 Å². The van der Waals surface area contributed by atoms with Crippen molar-refractivity contribution in [1.82, 2.24) is 9.47 Å². The van der Waals surface area contributed by atoms with E-state index in [4.69, 9.17) is 14.2 Å². The van der Waals surface area contributed by atoms with Gasteiger partial charge in [0.1, 0.15) is 6.04 Å². The van der Waals surface area contributed by atoms with Crippen molar-refractivity contribution in [2.45, 2.75) is 12.6 Å². The summed E-state index contributed by atoms with van der Waals surface area (Å²) in [5, 5.41) is 2.04. The number of rotatable bonds is 5. The van der Waals surface area contributed by atoms with Crippen LogP contribution in [0.3, 0.4) is 0 Å². The zero-order valence-corrected chi connectivity index (χ0v) is 19.5. The molecule has 1 amide bonds.